The fourth-order valence-electron chi connectivity index (χ4n) is 2.25. The average molecular weight is 237 g/mol. The van der Waals surface area contributed by atoms with Crippen LogP contribution in [0.3, 0.4) is 0 Å². The SMILES string of the molecule is CC(=O)COC1CCCCCc2c1nnn2C. The zero-order valence-electron chi connectivity index (χ0n) is 10.5. The predicted molar refractivity (Wildman–Crippen MR) is 62.5 cm³/mol. The summed E-state index contributed by atoms with van der Waals surface area (Å²) in [5.41, 5.74) is 2.08. The summed E-state index contributed by atoms with van der Waals surface area (Å²) >= 11 is 0. The summed E-state index contributed by atoms with van der Waals surface area (Å²) in [7, 11) is 1.91. The lowest BCUT2D eigenvalue weighted by atomic mass is 9.99. The van der Waals surface area contributed by atoms with Gasteiger partial charge >= 0.3 is 0 Å². The summed E-state index contributed by atoms with van der Waals surface area (Å²) in [4.78, 5) is 11.0. The fraction of sp³-hybridized carbons (Fsp3) is 0.750. The Morgan fingerprint density at radius 1 is 1.47 bits per heavy atom. The molecule has 1 unspecified atom stereocenters. The molecule has 0 fully saturated rings. The van der Waals surface area contributed by atoms with Crippen LogP contribution in [0.25, 0.3) is 0 Å². The van der Waals surface area contributed by atoms with Gasteiger partial charge < -0.3 is 4.74 Å². The van der Waals surface area contributed by atoms with Crippen LogP contribution in [0.4, 0.5) is 0 Å². The second-order valence-corrected chi connectivity index (χ2v) is 4.65. The molecule has 94 valence electrons. The Morgan fingerprint density at radius 3 is 3.06 bits per heavy atom. The molecule has 5 nitrogen and oxygen atoms in total. The molecule has 0 bridgehead atoms. The minimum atomic E-state index is -0.0668. The zero-order valence-corrected chi connectivity index (χ0v) is 10.5. The van der Waals surface area contributed by atoms with Gasteiger partial charge in [0.25, 0.3) is 0 Å². The van der Waals surface area contributed by atoms with Crippen molar-refractivity contribution in [3.8, 4) is 0 Å². The van der Waals surface area contributed by atoms with E-state index in [1.54, 1.807) is 6.92 Å². The largest absolute Gasteiger partial charge is 0.364 e. The highest BCUT2D eigenvalue weighted by molar-refractivity contribution is 5.76. The second kappa shape index (κ2) is 5.40. The molecule has 0 amide bonds. The molecule has 1 aromatic heterocycles. The molecule has 1 aliphatic rings. The van der Waals surface area contributed by atoms with Crippen LogP contribution in [0, 0.1) is 0 Å². The van der Waals surface area contributed by atoms with Crippen molar-refractivity contribution in [2.75, 3.05) is 6.61 Å². The lowest BCUT2D eigenvalue weighted by molar-refractivity contribution is -0.123. The molecule has 17 heavy (non-hydrogen) atoms. The molecule has 0 spiro atoms. The molecular formula is C12H19N3O2. The summed E-state index contributed by atoms with van der Waals surface area (Å²) in [5, 5.41) is 8.25. The van der Waals surface area contributed by atoms with Crippen LogP contribution in [0.15, 0.2) is 0 Å². The highest BCUT2D eigenvalue weighted by Gasteiger charge is 2.23. The topological polar surface area (TPSA) is 57.0 Å². The second-order valence-electron chi connectivity index (χ2n) is 4.65. The van der Waals surface area contributed by atoms with Crippen molar-refractivity contribution in [2.24, 2.45) is 7.05 Å². The van der Waals surface area contributed by atoms with Gasteiger partial charge in [-0.15, -0.1) is 5.10 Å². The molecule has 0 aliphatic heterocycles. The van der Waals surface area contributed by atoms with Gasteiger partial charge in [-0.1, -0.05) is 18.1 Å². The van der Waals surface area contributed by atoms with Crippen LogP contribution in [0.5, 0.6) is 0 Å². The number of aryl methyl sites for hydroxylation is 1. The normalized spacial score (nSPS) is 20.5. The van der Waals surface area contributed by atoms with Gasteiger partial charge in [0.05, 0.1) is 5.69 Å². The van der Waals surface area contributed by atoms with Crippen molar-refractivity contribution in [1.29, 1.82) is 0 Å². The standard InChI is InChI=1S/C12H19N3O2/c1-9(16)8-17-11-7-5-3-4-6-10-12(11)13-14-15(10)2/h11H,3-8H2,1-2H3. The van der Waals surface area contributed by atoms with Crippen LogP contribution in [0.2, 0.25) is 0 Å². The summed E-state index contributed by atoms with van der Waals surface area (Å²) < 4.78 is 7.48. The zero-order chi connectivity index (χ0) is 12.3. The van der Waals surface area contributed by atoms with E-state index < -0.39 is 0 Å². The monoisotopic (exact) mass is 237 g/mol. The number of nitrogens with zero attached hydrogens (tertiary/aromatic N) is 3. The smallest absolute Gasteiger partial charge is 0.155 e. The van der Waals surface area contributed by atoms with Gasteiger partial charge in [0.15, 0.2) is 5.78 Å². The number of fused-ring (bicyclic) bond motifs is 1. The lowest BCUT2D eigenvalue weighted by Crippen LogP contribution is -2.14. The van der Waals surface area contributed by atoms with Gasteiger partial charge in [-0.3, -0.25) is 9.48 Å². The Kier molecular flexibility index (Phi) is 3.89. The number of ether oxygens (including phenoxy) is 1. The Hall–Kier alpha value is -1.23. The third kappa shape index (κ3) is 2.91. The molecule has 0 saturated heterocycles. The number of hydrogen-bond donors (Lipinski definition) is 0. The van der Waals surface area contributed by atoms with Crippen molar-refractivity contribution in [1.82, 2.24) is 15.0 Å². The molecule has 1 aromatic rings. The average Bonchev–Trinajstić information content (AvgIpc) is 2.59. The number of Topliss-reactive ketones (excluding diaryl/α,β-unsaturated/α-hetero) is 1. The van der Waals surface area contributed by atoms with Crippen molar-refractivity contribution >= 4 is 5.78 Å². The van der Waals surface area contributed by atoms with Crippen molar-refractivity contribution < 1.29 is 9.53 Å². The molecular weight excluding hydrogens is 218 g/mol. The van der Waals surface area contributed by atoms with E-state index in [0.717, 1.165) is 30.7 Å². The summed E-state index contributed by atoms with van der Waals surface area (Å²) in [5.74, 6) is 0.0532. The lowest BCUT2D eigenvalue weighted by Gasteiger charge is -2.19. The first-order valence-electron chi connectivity index (χ1n) is 6.18. The Labute approximate surface area is 101 Å². The Bertz CT molecular complexity index is 400. The van der Waals surface area contributed by atoms with E-state index in [1.165, 1.54) is 12.8 Å². The maximum Gasteiger partial charge on any atom is 0.155 e. The maximum atomic E-state index is 11.0. The highest BCUT2D eigenvalue weighted by atomic mass is 16.5. The molecule has 0 aromatic carbocycles. The molecule has 1 atom stereocenters. The van der Waals surface area contributed by atoms with Gasteiger partial charge in [-0.2, -0.15) is 0 Å². The van der Waals surface area contributed by atoms with Crippen molar-refractivity contribution in [3.05, 3.63) is 11.4 Å². The molecule has 2 rings (SSSR count). The first-order valence-corrected chi connectivity index (χ1v) is 6.18. The summed E-state index contributed by atoms with van der Waals surface area (Å²) in [6.45, 7) is 1.71. The first-order chi connectivity index (χ1) is 8.18. The van der Waals surface area contributed by atoms with Crippen molar-refractivity contribution in [2.45, 2.75) is 45.1 Å². The summed E-state index contributed by atoms with van der Waals surface area (Å²) in [6.07, 6.45) is 5.36. The van der Waals surface area contributed by atoms with E-state index in [2.05, 4.69) is 10.3 Å². The number of carbonyl (C=O) groups excluding carboxylic acids is 1. The van der Waals surface area contributed by atoms with Crippen LogP contribution < -0.4 is 0 Å². The maximum absolute atomic E-state index is 11.0. The minimum Gasteiger partial charge on any atom is -0.364 e. The van der Waals surface area contributed by atoms with E-state index in [9.17, 15) is 4.79 Å². The Morgan fingerprint density at radius 2 is 2.29 bits per heavy atom. The van der Waals surface area contributed by atoms with Gasteiger partial charge in [0.1, 0.15) is 18.4 Å². The third-order valence-corrected chi connectivity index (χ3v) is 3.15. The molecule has 0 saturated carbocycles. The van der Waals surface area contributed by atoms with Gasteiger partial charge in [-0.25, -0.2) is 0 Å². The fourth-order valence-corrected chi connectivity index (χ4v) is 2.25. The van der Waals surface area contributed by atoms with Gasteiger partial charge in [0.2, 0.25) is 0 Å². The molecule has 1 aliphatic carbocycles. The predicted octanol–water partition coefficient (Wildman–Crippen LogP) is 1.58. The van der Waals surface area contributed by atoms with Gasteiger partial charge in [0, 0.05) is 7.05 Å². The minimum absolute atomic E-state index is 0.0532. The molecule has 0 radical (unpaired) electrons. The number of ketones is 1. The highest BCUT2D eigenvalue weighted by Crippen LogP contribution is 2.28. The van der Waals surface area contributed by atoms with Gasteiger partial charge in [-0.05, 0) is 26.2 Å². The summed E-state index contributed by atoms with van der Waals surface area (Å²) in [6, 6.07) is 0. The van der Waals surface area contributed by atoms with E-state index in [4.69, 9.17) is 4.74 Å². The first kappa shape index (κ1) is 12.2. The molecule has 5 heteroatoms. The van der Waals surface area contributed by atoms with Crippen molar-refractivity contribution in [3.63, 3.8) is 0 Å². The van der Waals surface area contributed by atoms with E-state index in [-0.39, 0.29) is 18.5 Å². The molecule has 1 heterocycles. The van der Waals surface area contributed by atoms with Crippen LogP contribution in [-0.4, -0.2) is 27.4 Å². The van der Waals surface area contributed by atoms with Crippen LogP contribution >= 0.6 is 0 Å². The third-order valence-electron chi connectivity index (χ3n) is 3.15. The van der Waals surface area contributed by atoms with E-state index in [0.29, 0.717) is 0 Å². The number of rotatable bonds is 3. The number of carbonyl (C=O) groups is 1. The quantitative estimate of drug-likeness (QED) is 0.801. The van der Waals surface area contributed by atoms with E-state index in [1.807, 2.05) is 11.7 Å². The van der Waals surface area contributed by atoms with Crippen LogP contribution in [-0.2, 0) is 23.0 Å². The number of hydrogen-bond acceptors (Lipinski definition) is 4. The van der Waals surface area contributed by atoms with Crippen LogP contribution in [0.1, 0.15) is 50.1 Å². The Balaban J connectivity index is 2.17. The number of aromatic nitrogens is 3. The molecule has 0 N–H and O–H groups in total. The van der Waals surface area contributed by atoms with E-state index >= 15 is 0 Å².